The number of allylic oxidation sites excluding steroid dienone is 1. The molecule has 0 aliphatic heterocycles. The summed E-state index contributed by atoms with van der Waals surface area (Å²) in [5.74, 6) is 0. The van der Waals surface area contributed by atoms with Crippen molar-refractivity contribution in [1.29, 1.82) is 0 Å². The predicted molar refractivity (Wildman–Crippen MR) is 73.8 cm³/mol. The van der Waals surface area contributed by atoms with E-state index in [0.29, 0.717) is 0 Å². The summed E-state index contributed by atoms with van der Waals surface area (Å²) in [5, 5.41) is 15.7. The molecule has 0 aliphatic rings. The van der Waals surface area contributed by atoms with Crippen LogP contribution >= 0.6 is 0 Å². The molecule has 0 atom stereocenters. The van der Waals surface area contributed by atoms with Gasteiger partial charge in [0.25, 0.3) is 5.69 Å². The summed E-state index contributed by atoms with van der Waals surface area (Å²) in [6.45, 7) is 5.97. The number of carbonyl (C=O) groups excluding carboxylic acids is 1. The number of anilines is 1. The van der Waals surface area contributed by atoms with Gasteiger partial charge in [-0.25, -0.2) is 4.79 Å². The molecule has 2 amide bonds. The highest BCUT2D eigenvalue weighted by molar-refractivity contribution is 5.92. The molecule has 0 radical (unpaired) electrons. The van der Waals surface area contributed by atoms with Gasteiger partial charge in [0.2, 0.25) is 0 Å². The molecule has 19 heavy (non-hydrogen) atoms. The fourth-order valence-electron chi connectivity index (χ4n) is 1.26. The number of nitrogens with zero attached hydrogens (tertiary/aromatic N) is 1. The third-order valence-corrected chi connectivity index (χ3v) is 2.15. The molecule has 1 aromatic rings. The number of nitrogens with one attached hydrogen (secondary N) is 2. The first-order chi connectivity index (χ1) is 8.79. The van der Waals surface area contributed by atoms with Gasteiger partial charge in [-0.1, -0.05) is 39.0 Å². The van der Waals surface area contributed by atoms with Crippen molar-refractivity contribution in [3.8, 4) is 0 Å². The summed E-state index contributed by atoms with van der Waals surface area (Å²) >= 11 is 0. The Kier molecular flexibility index (Phi) is 4.63. The normalized spacial score (nSPS) is 11.3. The second-order valence-electron chi connectivity index (χ2n) is 5.07. The summed E-state index contributed by atoms with van der Waals surface area (Å²) in [7, 11) is 0. The van der Waals surface area contributed by atoms with Gasteiger partial charge < -0.3 is 10.6 Å². The molecule has 0 aliphatic carbocycles. The number of para-hydroxylation sites is 2. The molecule has 0 heterocycles. The summed E-state index contributed by atoms with van der Waals surface area (Å²) in [4.78, 5) is 21.8. The van der Waals surface area contributed by atoms with Gasteiger partial charge in [-0.15, -0.1) is 0 Å². The number of carbonyl (C=O) groups is 1. The van der Waals surface area contributed by atoms with Crippen LogP contribution in [-0.4, -0.2) is 11.0 Å². The summed E-state index contributed by atoms with van der Waals surface area (Å²) < 4.78 is 0. The monoisotopic (exact) mass is 263 g/mol. The Labute approximate surface area is 111 Å². The minimum absolute atomic E-state index is 0.0496. The molecule has 6 nitrogen and oxygen atoms in total. The lowest BCUT2D eigenvalue weighted by Crippen LogP contribution is -2.24. The zero-order valence-corrected chi connectivity index (χ0v) is 11.1. The van der Waals surface area contributed by atoms with Gasteiger partial charge in [-0.2, -0.15) is 0 Å². The van der Waals surface area contributed by atoms with Crippen LogP contribution in [0.1, 0.15) is 20.8 Å². The van der Waals surface area contributed by atoms with Crippen molar-refractivity contribution in [1.82, 2.24) is 5.32 Å². The van der Waals surface area contributed by atoms with Crippen molar-refractivity contribution in [3.05, 3.63) is 46.7 Å². The van der Waals surface area contributed by atoms with Gasteiger partial charge in [0.1, 0.15) is 5.69 Å². The maximum absolute atomic E-state index is 11.6. The molecule has 0 unspecified atom stereocenters. The van der Waals surface area contributed by atoms with Crippen molar-refractivity contribution >= 4 is 17.4 Å². The van der Waals surface area contributed by atoms with Crippen LogP contribution < -0.4 is 10.6 Å². The average molecular weight is 263 g/mol. The van der Waals surface area contributed by atoms with Crippen LogP contribution in [0.25, 0.3) is 0 Å². The number of hydrogen-bond donors (Lipinski definition) is 2. The van der Waals surface area contributed by atoms with Crippen LogP contribution in [-0.2, 0) is 0 Å². The Morgan fingerprint density at radius 1 is 1.32 bits per heavy atom. The molecule has 0 bridgehead atoms. The first-order valence-electron chi connectivity index (χ1n) is 5.78. The molecule has 0 saturated carbocycles. The lowest BCUT2D eigenvalue weighted by atomic mass is 9.97. The number of nitro groups is 1. The van der Waals surface area contributed by atoms with Crippen molar-refractivity contribution in [2.24, 2.45) is 5.41 Å². The quantitative estimate of drug-likeness (QED) is 0.648. The molecule has 0 saturated heterocycles. The van der Waals surface area contributed by atoms with Crippen LogP contribution in [0.2, 0.25) is 0 Å². The summed E-state index contributed by atoms with van der Waals surface area (Å²) in [5.41, 5.74) is -0.0296. The SMILES string of the molecule is CC(C)(C)/C=C/NC(=O)Nc1ccccc1[N+](=O)[O-]. The summed E-state index contributed by atoms with van der Waals surface area (Å²) in [6.07, 6.45) is 3.34. The van der Waals surface area contributed by atoms with Crippen molar-refractivity contribution in [3.63, 3.8) is 0 Å². The van der Waals surface area contributed by atoms with E-state index < -0.39 is 11.0 Å². The van der Waals surface area contributed by atoms with Crippen LogP contribution in [0, 0.1) is 15.5 Å². The first-order valence-corrected chi connectivity index (χ1v) is 5.78. The molecule has 0 fully saturated rings. The molecular weight excluding hydrogens is 246 g/mol. The maximum atomic E-state index is 11.6. The lowest BCUT2D eigenvalue weighted by Gasteiger charge is -2.11. The second-order valence-corrected chi connectivity index (χ2v) is 5.07. The van der Waals surface area contributed by atoms with E-state index in [4.69, 9.17) is 0 Å². The Bertz CT molecular complexity index is 504. The Morgan fingerprint density at radius 3 is 2.53 bits per heavy atom. The molecule has 1 aromatic carbocycles. The Morgan fingerprint density at radius 2 is 1.95 bits per heavy atom. The largest absolute Gasteiger partial charge is 0.323 e. The lowest BCUT2D eigenvalue weighted by molar-refractivity contribution is -0.383. The number of nitro benzene ring substituents is 1. The van der Waals surface area contributed by atoms with Crippen LogP contribution in [0.5, 0.6) is 0 Å². The van der Waals surface area contributed by atoms with Gasteiger partial charge in [-0.3, -0.25) is 10.1 Å². The van der Waals surface area contributed by atoms with Gasteiger partial charge in [-0.05, 0) is 11.5 Å². The van der Waals surface area contributed by atoms with E-state index in [1.807, 2.05) is 26.8 Å². The third kappa shape index (κ3) is 5.20. The number of benzene rings is 1. The Hall–Kier alpha value is -2.37. The molecular formula is C13H17N3O3. The molecule has 1 rings (SSSR count). The van der Waals surface area contributed by atoms with Gasteiger partial charge in [0.15, 0.2) is 0 Å². The fourth-order valence-corrected chi connectivity index (χ4v) is 1.26. The molecule has 0 aromatic heterocycles. The standard InChI is InChI=1S/C13H17N3O3/c1-13(2,3)8-9-14-12(17)15-10-6-4-5-7-11(10)16(18)19/h4-9H,1-3H3,(H2,14,15,17)/b9-8+. The number of rotatable bonds is 3. The molecule has 2 N–H and O–H groups in total. The average Bonchev–Trinajstić information content (AvgIpc) is 2.27. The van der Waals surface area contributed by atoms with E-state index in [-0.39, 0.29) is 16.8 Å². The topological polar surface area (TPSA) is 84.3 Å². The van der Waals surface area contributed by atoms with Gasteiger partial charge >= 0.3 is 6.03 Å². The predicted octanol–water partition coefficient (Wildman–Crippen LogP) is 3.28. The van der Waals surface area contributed by atoms with E-state index >= 15 is 0 Å². The second kappa shape index (κ2) is 5.99. The smallest absolute Gasteiger partial charge is 0.315 e. The molecule has 0 spiro atoms. The number of amides is 2. The van der Waals surface area contributed by atoms with E-state index in [9.17, 15) is 14.9 Å². The minimum Gasteiger partial charge on any atom is -0.315 e. The highest BCUT2D eigenvalue weighted by atomic mass is 16.6. The highest BCUT2D eigenvalue weighted by Crippen LogP contribution is 2.22. The highest BCUT2D eigenvalue weighted by Gasteiger charge is 2.14. The van der Waals surface area contributed by atoms with Crippen LogP contribution in [0.4, 0.5) is 16.2 Å². The zero-order valence-electron chi connectivity index (χ0n) is 11.1. The number of urea groups is 1. The van der Waals surface area contributed by atoms with Gasteiger partial charge in [0.05, 0.1) is 4.92 Å². The van der Waals surface area contributed by atoms with E-state index in [1.165, 1.54) is 18.3 Å². The van der Waals surface area contributed by atoms with E-state index in [1.54, 1.807) is 12.1 Å². The van der Waals surface area contributed by atoms with Crippen LogP contribution in [0.3, 0.4) is 0 Å². The van der Waals surface area contributed by atoms with E-state index in [0.717, 1.165) is 0 Å². The van der Waals surface area contributed by atoms with E-state index in [2.05, 4.69) is 10.6 Å². The maximum Gasteiger partial charge on any atom is 0.323 e. The van der Waals surface area contributed by atoms with Gasteiger partial charge in [0, 0.05) is 12.3 Å². The summed E-state index contributed by atoms with van der Waals surface area (Å²) in [6, 6.07) is 5.45. The third-order valence-electron chi connectivity index (χ3n) is 2.15. The molecule has 102 valence electrons. The minimum atomic E-state index is -0.541. The van der Waals surface area contributed by atoms with Crippen LogP contribution in [0.15, 0.2) is 36.5 Å². The van der Waals surface area contributed by atoms with Crippen molar-refractivity contribution in [2.75, 3.05) is 5.32 Å². The molecule has 6 heteroatoms. The Balaban J connectivity index is 2.68. The zero-order chi connectivity index (χ0) is 14.5. The number of hydrogen-bond acceptors (Lipinski definition) is 3. The fraction of sp³-hybridized carbons (Fsp3) is 0.308. The van der Waals surface area contributed by atoms with Crippen molar-refractivity contribution in [2.45, 2.75) is 20.8 Å². The van der Waals surface area contributed by atoms with Crippen molar-refractivity contribution < 1.29 is 9.72 Å². The first kappa shape index (κ1) is 14.7.